The quantitative estimate of drug-likeness (QED) is 0.859. The molecule has 24 heavy (non-hydrogen) atoms. The molecular weight excluding hydrogens is 308 g/mol. The van der Waals surface area contributed by atoms with Gasteiger partial charge in [-0.15, -0.1) is 0 Å². The van der Waals surface area contributed by atoms with Gasteiger partial charge in [0.1, 0.15) is 5.76 Å². The van der Waals surface area contributed by atoms with Crippen LogP contribution < -0.4 is 10.6 Å². The van der Waals surface area contributed by atoms with Gasteiger partial charge in [-0.05, 0) is 13.8 Å². The van der Waals surface area contributed by atoms with Crippen molar-refractivity contribution in [3.8, 4) is 0 Å². The van der Waals surface area contributed by atoms with Crippen molar-refractivity contribution in [2.75, 3.05) is 26.7 Å². The number of carbonyl (C=O) groups excluding carboxylic acids is 1. The highest BCUT2D eigenvalue weighted by molar-refractivity contribution is 5.74. The Balaban J connectivity index is 2.04. The molecule has 1 saturated heterocycles. The Hall–Kier alpha value is -1.60. The summed E-state index contributed by atoms with van der Waals surface area (Å²) in [5.41, 5.74) is -0.0621. The maximum atomic E-state index is 11.8. The van der Waals surface area contributed by atoms with Crippen LogP contribution in [-0.4, -0.2) is 54.8 Å². The molecule has 0 saturated carbocycles. The molecule has 2 amide bonds. The van der Waals surface area contributed by atoms with Crippen LogP contribution in [0.25, 0.3) is 0 Å². The van der Waals surface area contributed by atoms with E-state index in [2.05, 4.69) is 48.2 Å². The van der Waals surface area contributed by atoms with Crippen molar-refractivity contribution in [2.24, 2.45) is 0 Å². The largest absolute Gasteiger partial charge is 0.443 e. The zero-order valence-corrected chi connectivity index (χ0v) is 15.5. The fourth-order valence-corrected chi connectivity index (χ4v) is 2.86. The van der Waals surface area contributed by atoms with Crippen molar-refractivity contribution in [1.82, 2.24) is 20.5 Å². The molecule has 2 N–H and O–H groups in total. The maximum absolute atomic E-state index is 11.8. The number of hydrogen-bond acceptors (Lipinski definition) is 5. The summed E-state index contributed by atoms with van der Waals surface area (Å²) in [7, 11) is 1.67. The van der Waals surface area contributed by atoms with Gasteiger partial charge in [-0.2, -0.15) is 0 Å². The molecule has 7 heteroatoms. The first-order valence-electron chi connectivity index (χ1n) is 8.53. The number of rotatable bonds is 5. The molecule has 1 fully saturated rings. The van der Waals surface area contributed by atoms with Crippen LogP contribution in [0.3, 0.4) is 0 Å². The summed E-state index contributed by atoms with van der Waals surface area (Å²) in [6.07, 6.45) is 1.76. The number of urea groups is 1. The van der Waals surface area contributed by atoms with Crippen LogP contribution in [0.15, 0.2) is 10.6 Å². The molecule has 1 aliphatic heterocycles. The van der Waals surface area contributed by atoms with Crippen LogP contribution in [0.5, 0.6) is 0 Å². The fourth-order valence-electron chi connectivity index (χ4n) is 2.86. The first kappa shape index (κ1) is 18.7. The summed E-state index contributed by atoms with van der Waals surface area (Å²) >= 11 is 0. The van der Waals surface area contributed by atoms with E-state index >= 15 is 0 Å². The normalized spacial score (nSPS) is 23.2. The number of aromatic nitrogens is 1. The minimum absolute atomic E-state index is 0.0276. The van der Waals surface area contributed by atoms with Gasteiger partial charge in [-0.1, -0.05) is 20.8 Å². The Labute approximate surface area is 144 Å². The van der Waals surface area contributed by atoms with Gasteiger partial charge >= 0.3 is 6.03 Å². The predicted molar refractivity (Wildman–Crippen MR) is 92.0 cm³/mol. The lowest BCUT2D eigenvalue weighted by Gasteiger charge is -2.21. The van der Waals surface area contributed by atoms with E-state index in [0.717, 1.165) is 12.3 Å². The third-order valence-electron chi connectivity index (χ3n) is 4.42. The van der Waals surface area contributed by atoms with Gasteiger partial charge < -0.3 is 19.8 Å². The van der Waals surface area contributed by atoms with E-state index in [4.69, 9.17) is 9.15 Å². The third kappa shape index (κ3) is 4.27. The number of nitrogens with zero attached hydrogens (tertiary/aromatic N) is 2. The fraction of sp³-hybridized carbons (Fsp3) is 0.765. The van der Waals surface area contributed by atoms with E-state index in [1.165, 1.54) is 0 Å². The van der Waals surface area contributed by atoms with Gasteiger partial charge in [0.05, 0.1) is 24.4 Å². The highest BCUT2D eigenvalue weighted by atomic mass is 16.5. The summed E-state index contributed by atoms with van der Waals surface area (Å²) in [6.45, 7) is 12.3. The lowest BCUT2D eigenvalue weighted by atomic mass is 9.94. The summed E-state index contributed by atoms with van der Waals surface area (Å²) < 4.78 is 11.5. The number of oxazole rings is 1. The van der Waals surface area contributed by atoms with Crippen LogP contribution in [-0.2, 0) is 10.2 Å². The van der Waals surface area contributed by atoms with Crippen molar-refractivity contribution in [1.29, 1.82) is 0 Å². The molecular formula is C17H30N4O3. The van der Waals surface area contributed by atoms with Crippen molar-refractivity contribution in [2.45, 2.75) is 58.2 Å². The zero-order valence-electron chi connectivity index (χ0n) is 15.5. The third-order valence-corrected chi connectivity index (χ3v) is 4.42. The van der Waals surface area contributed by atoms with Gasteiger partial charge in [0, 0.05) is 32.2 Å². The molecule has 136 valence electrons. The average molecular weight is 338 g/mol. The highest BCUT2D eigenvalue weighted by Gasteiger charge is 2.37. The Morgan fingerprint density at radius 3 is 2.75 bits per heavy atom. The Morgan fingerprint density at radius 1 is 1.50 bits per heavy atom. The molecule has 1 aliphatic rings. The SMILES string of the molecule is CCNC(=O)N[C@@H]1CN([C@H](C)c2ncc(C(C)(C)C)o2)C[C@@H]1OC. The Bertz CT molecular complexity index is 552. The van der Waals surface area contributed by atoms with Gasteiger partial charge in [-0.3, -0.25) is 4.90 Å². The lowest BCUT2D eigenvalue weighted by Crippen LogP contribution is -2.48. The van der Waals surface area contributed by atoms with Gasteiger partial charge in [0.15, 0.2) is 0 Å². The van der Waals surface area contributed by atoms with Gasteiger partial charge in [0.2, 0.25) is 5.89 Å². The smallest absolute Gasteiger partial charge is 0.315 e. The molecule has 0 bridgehead atoms. The van der Waals surface area contributed by atoms with Crippen molar-refractivity contribution in [3.05, 3.63) is 17.8 Å². The second-order valence-electron chi connectivity index (χ2n) is 7.33. The van der Waals surface area contributed by atoms with Gasteiger partial charge in [-0.25, -0.2) is 9.78 Å². The Kier molecular flexibility index (Phi) is 5.87. The summed E-state index contributed by atoms with van der Waals surface area (Å²) in [5.74, 6) is 1.58. The van der Waals surface area contributed by atoms with Gasteiger partial charge in [0.25, 0.3) is 0 Å². The molecule has 2 rings (SSSR count). The second-order valence-corrected chi connectivity index (χ2v) is 7.33. The molecule has 0 radical (unpaired) electrons. The van der Waals surface area contributed by atoms with Crippen LogP contribution in [0, 0.1) is 0 Å². The average Bonchev–Trinajstić information content (AvgIpc) is 3.13. The van der Waals surface area contributed by atoms with E-state index in [0.29, 0.717) is 19.0 Å². The maximum Gasteiger partial charge on any atom is 0.315 e. The minimum Gasteiger partial charge on any atom is -0.443 e. The number of amides is 2. The van der Waals surface area contributed by atoms with Crippen LogP contribution in [0.2, 0.25) is 0 Å². The number of carbonyl (C=O) groups is 1. The molecule has 0 aliphatic carbocycles. The number of hydrogen-bond donors (Lipinski definition) is 2. The Morgan fingerprint density at radius 2 is 2.21 bits per heavy atom. The molecule has 3 atom stereocenters. The number of likely N-dealkylation sites (tertiary alicyclic amines) is 1. The van der Waals surface area contributed by atoms with Crippen molar-refractivity contribution >= 4 is 6.03 Å². The van der Waals surface area contributed by atoms with E-state index in [9.17, 15) is 4.79 Å². The van der Waals surface area contributed by atoms with E-state index in [1.54, 1.807) is 13.3 Å². The standard InChI is InChI=1S/C17H30N4O3/c1-7-18-16(22)20-12-9-21(10-13(12)23-6)11(2)15-19-8-14(24-15)17(3,4)5/h8,11-13H,7,9-10H2,1-6H3,(H2,18,20,22)/t11-,12-,13+/m1/s1. The number of nitrogens with one attached hydrogen (secondary N) is 2. The van der Waals surface area contributed by atoms with E-state index in [-0.39, 0.29) is 29.6 Å². The van der Waals surface area contributed by atoms with Crippen molar-refractivity contribution < 1.29 is 13.9 Å². The minimum atomic E-state index is -0.162. The summed E-state index contributed by atoms with van der Waals surface area (Å²) in [4.78, 5) is 18.5. The summed E-state index contributed by atoms with van der Waals surface area (Å²) in [5, 5.41) is 5.74. The molecule has 0 unspecified atom stereocenters. The predicted octanol–water partition coefficient (Wildman–Crippen LogP) is 2.05. The molecule has 7 nitrogen and oxygen atoms in total. The number of ether oxygens (including phenoxy) is 1. The lowest BCUT2D eigenvalue weighted by molar-refractivity contribution is 0.0864. The van der Waals surface area contributed by atoms with E-state index < -0.39 is 0 Å². The molecule has 0 aromatic carbocycles. The first-order chi connectivity index (χ1) is 11.3. The highest BCUT2D eigenvalue weighted by Crippen LogP contribution is 2.29. The van der Waals surface area contributed by atoms with E-state index in [1.807, 2.05) is 6.92 Å². The zero-order chi connectivity index (χ0) is 17.9. The molecule has 2 heterocycles. The number of methoxy groups -OCH3 is 1. The van der Waals surface area contributed by atoms with Crippen molar-refractivity contribution in [3.63, 3.8) is 0 Å². The second kappa shape index (κ2) is 7.53. The monoisotopic (exact) mass is 338 g/mol. The summed E-state index contributed by atoms with van der Waals surface area (Å²) in [6, 6.07) is -0.189. The topological polar surface area (TPSA) is 79.6 Å². The molecule has 1 aromatic heterocycles. The molecule has 1 aromatic rings. The van der Waals surface area contributed by atoms with Crippen LogP contribution >= 0.6 is 0 Å². The van der Waals surface area contributed by atoms with Crippen LogP contribution in [0.4, 0.5) is 4.79 Å². The van der Waals surface area contributed by atoms with Crippen LogP contribution in [0.1, 0.15) is 52.3 Å². The first-order valence-corrected chi connectivity index (χ1v) is 8.53. The molecule has 0 spiro atoms.